The molecule has 0 saturated carbocycles. The van der Waals surface area contributed by atoms with Gasteiger partial charge in [-0.3, -0.25) is 4.79 Å². The van der Waals surface area contributed by atoms with Crippen molar-refractivity contribution in [3.63, 3.8) is 0 Å². The van der Waals surface area contributed by atoms with Crippen molar-refractivity contribution < 1.29 is 4.79 Å². The highest BCUT2D eigenvalue weighted by Gasteiger charge is 2.54. The summed E-state index contributed by atoms with van der Waals surface area (Å²) >= 11 is 0. The second-order valence-electron chi connectivity index (χ2n) is 7.41. The van der Waals surface area contributed by atoms with Crippen molar-refractivity contribution in [1.29, 1.82) is 0 Å². The molecule has 0 spiro atoms. The minimum absolute atomic E-state index is 0.0870. The largest absolute Gasteiger partial charge is 0.317 e. The van der Waals surface area contributed by atoms with Crippen LogP contribution in [0.5, 0.6) is 0 Å². The lowest BCUT2D eigenvalue weighted by molar-refractivity contribution is 0.0657. The van der Waals surface area contributed by atoms with Gasteiger partial charge in [0, 0.05) is 23.9 Å². The summed E-state index contributed by atoms with van der Waals surface area (Å²) in [6.07, 6.45) is 2.10. The molecule has 0 N–H and O–H groups in total. The van der Waals surface area contributed by atoms with Crippen LogP contribution in [0.2, 0.25) is 0 Å². The van der Waals surface area contributed by atoms with Crippen LogP contribution in [0.1, 0.15) is 32.7 Å². The fraction of sp³-hybridized carbons (Fsp3) is 0.0800. The summed E-state index contributed by atoms with van der Waals surface area (Å²) in [5.41, 5.74) is 5.70. The van der Waals surface area contributed by atoms with E-state index in [1.165, 1.54) is 0 Å². The maximum absolute atomic E-state index is 13.6. The normalized spacial score (nSPS) is 19.4. The lowest BCUT2D eigenvalue weighted by Crippen LogP contribution is -2.45. The van der Waals surface area contributed by atoms with Crippen molar-refractivity contribution >= 4 is 5.91 Å². The van der Waals surface area contributed by atoms with Gasteiger partial charge in [0.2, 0.25) is 0 Å². The third-order valence-corrected chi connectivity index (χ3v) is 6.09. The molecule has 3 aromatic carbocycles. The number of fused-ring (bicyclic) bond motifs is 7. The van der Waals surface area contributed by atoms with Gasteiger partial charge in [-0.1, -0.05) is 66.7 Å². The zero-order valence-corrected chi connectivity index (χ0v) is 15.2. The number of amides is 1. The van der Waals surface area contributed by atoms with Crippen LogP contribution in [0.4, 0.5) is 0 Å². The van der Waals surface area contributed by atoms with Gasteiger partial charge in [-0.2, -0.15) is 0 Å². The second-order valence-corrected chi connectivity index (χ2v) is 7.41. The summed E-state index contributed by atoms with van der Waals surface area (Å²) in [7, 11) is 0. The Balaban J connectivity index is 1.79. The highest BCUT2D eigenvalue weighted by Crippen LogP contribution is 2.51. The van der Waals surface area contributed by atoms with Gasteiger partial charge in [-0.25, -0.2) is 0 Å². The molecule has 3 heterocycles. The molecule has 3 nitrogen and oxygen atoms in total. The van der Waals surface area contributed by atoms with Gasteiger partial charge in [-0.05, 0) is 35.4 Å². The average Bonchev–Trinajstić information content (AvgIpc) is 3.29. The number of benzene rings is 3. The van der Waals surface area contributed by atoms with Crippen LogP contribution in [0, 0.1) is 0 Å². The summed E-state index contributed by atoms with van der Waals surface area (Å²) in [6.45, 7) is 0.570. The van der Waals surface area contributed by atoms with E-state index in [0.717, 1.165) is 33.6 Å². The Hall–Kier alpha value is -3.59. The third-order valence-electron chi connectivity index (χ3n) is 6.09. The van der Waals surface area contributed by atoms with Crippen molar-refractivity contribution in [3.8, 4) is 5.69 Å². The third kappa shape index (κ3) is 1.76. The summed E-state index contributed by atoms with van der Waals surface area (Å²) in [5.74, 6) is 0.0870. The van der Waals surface area contributed by atoms with Gasteiger partial charge in [0.15, 0.2) is 0 Å². The SMILES string of the molecule is O=C1c2ccccc2[C@@]2(c3ccccc3)c3cccn3-c3ccccc3CN12. The second kappa shape index (κ2) is 5.46. The monoisotopic (exact) mass is 362 g/mol. The number of carbonyl (C=O) groups is 1. The highest BCUT2D eigenvalue weighted by molar-refractivity contribution is 6.01. The van der Waals surface area contributed by atoms with Gasteiger partial charge < -0.3 is 9.47 Å². The molecule has 0 unspecified atom stereocenters. The quantitative estimate of drug-likeness (QED) is 0.480. The molecule has 6 rings (SSSR count). The Bertz CT molecular complexity index is 1220. The Morgan fingerprint density at radius 2 is 1.50 bits per heavy atom. The Morgan fingerprint density at radius 3 is 2.39 bits per heavy atom. The lowest BCUT2D eigenvalue weighted by atomic mass is 9.80. The molecule has 0 aliphatic carbocycles. The molecule has 0 saturated heterocycles. The van der Waals surface area contributed by atoms with E-state index in [-0.39, 0.29) is 5.91 Å². The first kappa shape index (κ1) is 15.5. The molecule has 0 fully saturated rings. The summed E-state index contributed by atoms with van der Waals surface area (Å²) in [5, 5.41) is 0. The predicted molar refractivity (Wildman–Crippen MR) is 108 cm³/mol. The zero-order chi connectivity index (χ0) is 18.7. The predicted octanol–water partition coefficient (Wildman–Crippen LogP) is 4.74. The summed E-state index contributed by atoms with van der Waals surface area (Å²) < 4.78 is 2.25. The Kier molecular flexibility index (Phi) is 3.01. The van der Waals surface area contributed by atoms with Crippen LogP contribution in [-0.4, -0.2) is 15.4 Å². The van der Waals surface area contributed by atoms with E-state index in [1.807, 2.05) is 35.2 Å². The average molecular weight is 362 g/mol. The van der Waals surface area contributed by atoms with Crippen LogP contribution in [0.25, 0.3) is 5.69 Å². The summed E-state index contributed by atoms with van der Waals surface area (Å²) in [4.78, 5) is 15.7. The minimum atomic E-state index is -0.641. The van der Waals surface area contributed by atoms with Crippen LogP contribution in [0.3, 0.4) is 0 Å². The Labute approximate surface area is 163 Å². The molecule has 1 atom stereocenters. The first-order chi connectivity index (χ1) is 13.8. The fourth-order valence-electron chi connectivity index (χ4n) is 4.97. The molecular weight excluding hydrogens is 344 g/mol. The molecule has 1 aromatic heterocycles. The molecule has 4 aromatic rings. The van der Waals surface area contributed by atoms with Crippen molar-refractivity contribution in [2.24, 2.45) is 0 Å². The van der Waals surface area contributed by atoms with Gasteiger partial charge >= 0.3 is 0 Å². The molecule has 134 valence electrons. The van der Waals surface area contributed by atoms with Crippen molar-refractivity contribution in [2.75, 3.05) is 0 Å². The van der Waals surface area contributed by atoms with Crippen molar-refractivity contribution in [3.05, 3.63) is 125 Å². The van der Waals surface area contributed by atoms with Gasteiger partial charge in [-0.15, -0.1) is 0 Å². The maximum atomic E-state index is 13.6. The Morgan fingerprint density at radius 1 is 0.750 bits per heavy atom. The molecule has 0 radical (unpaired) electrons. The van der Waals surface area contributed by atoms with E-state index in [4.69, 9.17) is 0 Å². The van der Waals surface area contributed by atoms with Gasteiger partial charge in [0.25, 0.3) is 5.91 Å². The minimum Gasteiger partial charge on any atom is -0.317 e. The molecular formula is C25H18N2O. The number of rotatable bonds is 1. The van der Waals surface area contributed by atoms with E-state index in [0.29, 0.717) is 6.54 Å². The molecule has 28 heavy (non-hydrogen) atoms. The standard InChI is InChI=1S/C25H18N2O/c28-24-20-12-5-6-13-21(20)25(19-10-2-1-3-11-19)23-15-8-16-26(23)22-14-7-4-9-18(22)17-27(24)25/h1-16H,17H2/t25-/m0/s1. The molecule has 0 bridgehead atoms. The zero-order valence-electron chi connectivity index (χ0n) is 15.2. The van der Waals surface area contributed by atoms with E-state index in [2.05, 4.69) is 71.4 Å². The van der Waals surface area contributed by atoms with Gasteiger partial charge in [0.1, 0.15) is 5.54 Å². The maximum Gasteiger partial charge on any atom is 0.255 e. The topological polar surface area (TPSA) is 25.2 Å². The van der Waals surface area contributed by atoms with Crippen LogP contribution in [0.15, 0.2) is 97.2 Å². The van der Waals surface area contributed by atoms with E-state index in [9.17, 15) is 4.79 Å². The first-order valence-corrected chi connectivity index (χ1v) is 9.55. The number of carbonyl (C=O) groups excluding carboxylic acids is 1. The van der Waals surface area contributed by atoms with Crippen molar-refractivity contribution in [2.45, 2.75) is 12.1 Å². The smallest absolute Gasteiger partial charge is 0.255 e. The number of nitrogens with zero attached hydrogens (tertiary/aromatic N) is 2. The lowest BCUT2D eigenvalue weighted by Gasteiger charge is -2.39. The molecule has 1 amide bonds. The molecule has 3 heteroatoms. The first-order valence-electron chi connectivity index (χ1n) is 9.55. The number of aromatic nitrogens is 1. The highest BCUT2D eigenvalue weighted by atomic mass is 16.2. The summed E-state index contributed by atoms with van der Waals surface area (Å²) in [6, 6.07) is 31.0. The number of para-hydroxylation sites is 1. The van der Waals surface area contributed by atoms with Crippen LogP contribution < -0.4 is 0 Å². The fourth-order valence-corrected chi connectivity index (χ4v) is 4.97. The number of hydrogen-bond donors (Lipinski definition) is 0. The van der Waals surface area contributed by atoms with E-state index < -0.39 is 5.54 Å². The van der Waals surface area contributed by atoms with Crippen LogP contribution in [-0.2, 0) is 12.1 Å². The number of hydrogen-bond acceptors (Lipinski definition) is 1. The molecule has 2 aliphatic rings. The van der Waals surface area contributed by atoms with E-state index >= 15 is 0 Å². The van der Waals surface area contributed by atoms with Crippen molar-refractivity contribution in [1.82, 2.24) is 9.47 Å². The molecule has 2 aliphatic heterocycles. The van der Waals surface area contributed by atoms with Crippen LogP contribution >= 0.6 is 0 Å². The van der Waals surface area contributed by atoms with Gasteiger partial charge in [0.05, 0.1) is 11.4 Å². The van der Waals surface area contributed by atoms with E-state index in [1.54, 1.807) is 0 Å².